The Labute approximate surface area is 93.2 Å². The first-order chi connectivity index (χ1) is 7.49. The Morgan fingerprint density at radius 2 is 2.06 bits per heavy atom. The first kappa shape index (κ1) is 12.2. The Hall–Kier alpha value is -1.91. The summed E-state index contributed by atoms with van der Waals surface area (Å²) in [5.74, 6) is -0.525. The van der Waals surface area contributed by atoms with Gasteiger partial charge in [0.2, 0.25) is 0 Å². The van der Waals surface area contributed by atoms with Crippen LogP contribution in [0.5, 0.6) is 0 Å². The van der Waals surface area contributed by atoms with Gasteiger partial charge in [0, 0.05) is 11.1 Å². The lowest BCUT2D eigenvalue weighted by molar-refractivity contribution is -0.386. The minimum atomic E-state index is -0.525. The van der Waals surface area contributed by atoms with Gasteiger partial charge in [-0.1, -0.05) is 6.07 Å². The number of carbonyl (C=O) groups is 1. The second kappa shape index (κ2) is 4.74. The second-order valence-corrected chi connectivity index (χ2v) is 3.38. The van der Waals surface area contributed by atoms with Crippen LogP contribution in [0, 0.1) is 24.0 Å². The average Bonchev–Trinajstić information content (AvgIpc) is 2.17. The van der Waals surface area contributed by atoms with E-state index in [1.54, 1.807) is 32.9 Å². The molecule has 0 saturated carbocycles. The predicted molar refractivity (Wildman–Crippen MR) is 58.5 cm³/mol. The van der Waals surface area contributed by atoms with E-state index in [-0.39, 0.29) is 17.9 Å². The normalized spacial score (nSPS) is 9.94. The van der Waals surface area contributed by atoms with E-state index in [2.05, 4.69) is 0 Å². The van der Waals surface area contributed by atoms with Crippen LogP contribution in [-0.4, -0.2) is 17.5 Å². The Morgan fingerprint density at radius 3 is 2.56 bits per heavy atom. The molecule has 0 radical (unpaired) electrons. The lowest BCUT2D eigenvalue weighted by atomic mass is 10.0. The molecule has 5 nitrogen and oxygen atoms in total. The molecule has 0 aliphatic carbocycles. The molecule has 16 heavy (non-hydrogen) atoms. The van der Waals surface area contributed by atoms with Gasteiger partial charge >= 0.3 is 5.97 Å². The van der Waals surface area contributed by atoms with Crippen molar-refractivity contribution in [2.45, 2.75) is 20.8 Å². The van der Waals surface area contributed by atoms with Gasteiger partial charge < -0.3 is 4.74 Å². The zero-order valence-electron chi connectivity index (χ0n) is 9.44. The Kier molecular flexibility index (Phi) is 3.60. The molecule has 0 aliphatic rings. The number of ether oxygens (including phenoxy) is 1. The van der Waals surface area contributed by atoms with Crippen LogP contribution in [0.25, 0.3) is 0 Å². The summed E-state index contributed by atoms with van der Waals surface area (Å²) >= 11 is 0. The summed E-state index contributed by atoms with van der Waals surface area (Å²) in [5, 5.41) is 10.8. The molecule has 0 heterocycles. The summed E-state index contributed by atoms with van der Waals surface area (Å²) in [6.07, 6.45) is 0. The summed E-state index contributed by atoms with van der Waals surface area (Å²) in [5.41, 5.74) is 1.11. The maximum absolute atomic E-state index is 11.5. The lowest BCUT2D eigenvalue weighted by Crippen LogP contribution is -2.08. The number of carbonyl (C=O) groups excluding carboxylic acids is 1. The van der Waals surface area contributed by atoms with Crippen molar-refractivity contribution >= 4 is 11.7 Å². The number of hydrogen-bond donors (Lipinski definition) is 0. The van der Waals surface area contributed by atoms with Crippen LogP contribution in [0.2, 0.25) is 0 Å². The molecule has 1 aromatic rings. The third kappa shape index (κ3) is 2.18. The van der Waals surface area contributed by atoms with Crippen molar-refractivity contribution in [1.29, 1.82) is 0 Å². The maximum Gasteiger partial charge on any atom is 0.338 e. The third-order valence-electron chi connectivity index (χ3n) is 2.31. The van der Waals surface area contributed by atoms with Crippen LogP contribution in [0.3, 0.4) is 0 Å². The number of nitro groups is 1. The molecular formula is C11H13NO4. The quantitative estimate of drug-likeness (QED) is 0.448. The molecule has 0 fully saturated rings. The van der Waals surface area contributed by atoms with E-state index in [4.69, 9.17) is 4.74 Å². The highest BCUT2D eigenvalue weighted by molar-refractivity contribution is 5.92. The first-order valence-electron chi connectivity index (χ1n) is 4.90. The van der Waals surface area contributed by atoms with Crippen molar-refractivity contribution in [3.05, 3.63) is 38.9 Å². The first-order valence-corrected chi connectivity index (χ1v) is 4.90. The molecule has 0 spiro atoms. The van der Waals surface area contributed by atoms with Crippen molar-refractivity contribution < 1.29 is 14.5 Å². The van der Waals surface area contributed by atoms with Crippen LogP contribution in [-0.2, 0) is 4.74 Å². The van der Waals surface area contributed by atoms with E-state index < -0.39 is 10.9 Å². The number of esters is 1. The van der Waals surface area contributed by atoms with Crippen molar-refractivity contribution in [2.24, 2.45) is 0 Å². The number of nitrogens with zero attached hydrogens (tertiary/aromatic N) is 1. The zero-order valence-corrected chi connectivity index (χ0v) is 9.44. The van der Waals surface area contributed by atoms with Crippen LogP contribution >= 0.6 is 0 Å². The van der Waals surface area contributed by atoms with Gasteiger partial charge in [-0.15, -0.1) is 0 Å². The van der Waals surface area contributed by atoms with E-state index in [0.717, 1.165) is 0 Å². The molecule has 1 rings (SSSR count). The van der Waals surface area contributed by atoms with E-state index in [1.165, 1.54) is 0 Å². The molecular weight excluding hydrogens is 210 g/mol. The van der Waals surface area contributed by atoms with Gasteiger partial charge in [-0.05, 0) is 26.8 Å². The van der Waals surface area contributed by atoms with Gasteiger partial charge in [0.05, 0.1) is 17.1 Å². The largest absolute Gasteiger partial charge is 0.462 e. The molecule has 5 heteroatoms. The molecule has 0 unspecified atom stereocenters. The van der Waals surface area contributed by atoms with Gasteiger partial charge in [0.1, 0.15) is 0 Å². The van der Waals surface area contributed by atoms with E-state index in [1.807, 2.05) is 0 Å². The SMILES string of the molecule is CCOC(=O)c1ccc(C)c([N+](=O)[O-])c1C. The number of hydrogen-bond acceptors (Lipinski definition) is 4. The Balaban J connectivity index is 3.29. The average molecular weight is 223 g/mol. The highest BCUT2D eigenvalue weighted by atomic mass is 16.6. The number of rotatable bonds is 3. The second-order valence-electron chi connectivity index (χ2n) is 3.38. The number of nitro benzene ring substituents is 1. The van der Waals surface area contributed by atoms with Crippen LogP contribution in [0.15, 0.2) is 12.1 Å². The molecule has 86 valence electrons. The topological polar surface area (TPSA) is 69.4 Å². The highest BCUT2D eigenvalue weighted by Crippen LogP contribution is 2.26. The molecule has 1 aromatic carbocycles. The summed E-state index contributed by atoms with van der Waals surface area (Å²) in [4.78, 5) is 21.9. The highest BCUT2D eigenvalue weighted by Gasteiger charge is 2.21. The van der Waals surface area contributed by atoms with Gasteiger partial charge in [-0.2, -0.15) is 0 Å². The summed E-state index contributed by atoms with van der Waals surface area (Å²) in [6, 6.07) is 3.10. The van der Waals surface area contributed by atoms with Crippen LogP contribution < -0.4 is 0 Å². The fraction of sp³-hybridized carbons (Fsp3) is 0.364. The molecule has 0 amide bonds. The maximum atomic E-state index is 11.5. The summed E-state index contributed by atoms with van der Waals surface area (Å²) in [7, 11) is 0. The molecule has 0 saturated heterocycles. The lowest BCUT2D eigenvalue weighted by Gasteiger charge is -2.07. The fourth-order valence-corrected chi connectivity index (χ4v) is 1.55. The molecule has 0 N–H and O–H groups in total. The molecule has 0 aliphatic heterocycles. The predicted octanol–water partition coefficient (Wildman–Crippen LogP) is 2.39. The van der Waals surface area contributed by atoms with Gasteiger partial charge in [0.15, 0.2) is 0 Å². The zero-order chi connectivity index (χ0) is 12.3. The minimum Gasteiger partial charge on any atom is -0.462 e. The van der Waals surface area contributed by atoms with E-state index >= 15 is 0 Å². The van der Waals surface area contributed by atoms with Gasteiger partial charge in [-0.3, -0.25) is 10.1 Å². The summed E-state index contributed by atoms with van der Waals surface area (Å²) in [6.45, 7) is 5.13. The monoisotopic (exact) mass is 223 g/mol. The van der Waals surface area contributed by atoms with Crippen LogP contribution in [0.1, 0.15) is 28.4 Å². The van der Waals surface area contributed by atoms with Gasteiger partial charge in [-0.25, -0.2) is 4.79 Å². The standard InChI is InChI=1S/C11H13NO4/c1-4-16-11(13)9-6-5-7(2)10(8(9)3)12(14)15/h5-6H,4H2,1-3H3. The van der Waals surface area contributed by atoms with Crippen molar-refractivity contribution in [1.82, 2.24) is 0 Å². The van der Waals surface area contributed by atoms with E-state index in [9.17, 15) is 14.9 Å². The smallest absolute Gasteiger partial charge is 0.338 e. The molecule has 0 atom stereocenters. The van der Waals surface area contributed by atoms with E-state index in [0.29, 0.717) is 11.1 Å². The summed E-state index contributed by atoms with van der Waals surface area (Å²) < 4.78 is 4.82. The van der Waals surface area contributed by atoms with Crippen molar-refractivity contribution in [3.8, 4) is 0 Å². The molecule has 0 bridgehead atoms. The minimum absolute atomic E-state index is 0.0226. The van der Waals surface area contributed by atoms with Crippen LogP contribution in [0.4, 0.5) is 5.69 Å². The van der Waals surface area contributed by atoms with Crippen molar-refractivity contribution in [2.75, 3.05) is 6.61 Å². The Morgan fingerprint density at radius 1 is 1.44 bits per heavy atom. The van der Waals surface area contributed by atoms with Gasteiger partial charge in [0.25, 0.3) is 5.69 Å². The fourth-order valence-electron chi connectivity index (χ4n) is 1.55. The number of benzene rings is 1. The third-order valence-corrected chi connectivity index (χ3v) is 2.31. The van der Waals surface area contributed by atoms with Crippen molar-refractivity contribution in [3.63, 3.8) is 0 Å². The molecule has 0 aromatic heterocycles. The number of aryl methyl sites for hydroxylation is 1. The Bertz CT molecular complexity index is 440.